The molecule has 0 spiro atoms. The maximum Gasteiger partial charge on any atom is 0.223 e. The molecule has 2 amide bonds. The van der Waals surface area contributed by atoms with Crippen LogP contribution in [0.25, 0.3) is 0 Å². The number of anilines is 2. The van der Waals surface area contributed by atoms with Crippen molar-refractivity contribution in [2.24, 2.45) is 0 Å². The Morgan fingerprint density at radius 2 is 1.79 bits per heavy atom. The van der Waals surface area contributed by atoms with Crippen molar-refractivity contribution >= 4 is 29.1 Å². The summed E-state index contributed by atoms with van der Waals surface area (Å²) in [5.41, 5.74) is 5.68. The van der Waals surface area contributed by atoms with Gasteiger partial charge in [-0.2, -0.15) is 0 Å². The van der Waals surface area contributed by atoms with Crippen molar-refractivity contribution in [3.63, 3.8) is 0 Å². The summed E-state index contributed by atoms with van der Waals surface area (Å²) in [5, 5.41) is 2.93. The van der Waals surface area contributed by atoms with Crippen LogP contribution in [-0.2, 0) is 14.4 Å². The fourth-order valence-electron chi connectivity index (χ4n) is 4.66. The zero-order valence-electron chi connectivity index (χ0n) is 20.0. The topological polar surface area (TPSA) is 69.7 Å². The molecule has 1 heterocycles. The number of nitrogens with one attached hydrogen (secondary N) is 1. The van der Waals surface area contributed by atoms with Crippen LogP contribution in [0.2, 0.25) is 0 Å². The largest absolute Gasteiger partial charge is 0.366 e. The second-order valence-electron chi connectivity index (χ2n) is 8.79. The average Bonchev–Trinajstić information content (AvgIpc) is 2.78. The molecule has 0 unspecified atom stereocenters. The number of amides is 2. The van der Waals surface area contributed by atoms with Crippen molar-refractivity contribution in [3.8, 4) is 0 Å². The number of likely N-dealkylation sites (tertiary alicyclic amines) is 1. The van der Waals surface area contributed by atoms with Gasteiger partial charge in [0.15, 0.2) is 0 Å². The summed E-state index contributed by atoms with van der Waals surface area (Å²) in [6.07, 6.45) is 2.23. The lowest BCUT2D eigenvalue weighted by molar-refractivity contribution is -0.116. The van der Waals surface area contributed by atoms with E-state index >= 15 is 0 Å². The van der Waals surface area contributed by atoms with E-state index in [1.807, 2.05) is 44.2 Å². The van der Waals surface area contributed by atoms with E-state index < -0.39 is 0 Å². The van der Waals surface area contributed by atoms with Gasteiger partial charge in [0, 0.05) is 51.3 Å². The van der Waals surface area contributed by atoms with Crippen molar-refractivity contribution in [1.29, 1.82) is 0 Å². The number of benzene rings is 2. The molecule has 1 fully saturated rings. The van der Waals surface area contributed by atoms with Crippen LogP contribution >= 0.6 is 0 Å². The Labute approximate surface area is 196 Å². The van der Waals surface area contributed by atoms with E-state index in [0.29, 0.717) is 24.6 Å². The number of aryl methyl sites for hydroxylation is 2. The molecule has 2 aromatic rings. The van der Waals surface area contributed by atoms with E-state index in [-0.39, 0.29) is 11.8 Å². The number of carbonyl (C=O) groups excluding carboxylic acids is 3. The molecule has 1 N–H and O–H groups in total. The molecule has 33 heavy (non-hydrogen) atoms. The maximum atomic E-state index is 12.3. The van der Waals surface area contributed by atoms with E-state index in [2.05, 4.69) is 28.3 Å². The quantitative estimate of drug-likeness (QED) is 0.630. The van der Waals surface area contributed by atoms with Crippen molar-refractivity contribution in [1.82, 2.24) is 4.90 Å². The Bertz CT molecular complexity index is 1060. The molecule has 0 bridgehead atoms. The predicted molar refractivity (Wildman–Crippen MR) is 132 cm³/mol. The van der Waals surface area contributed by atoms with Gasteiger partial charge in [0.25, 0.3) is 0 Å². The highest BCUT2D eigenvalue weighted by Gasteiger charge is 2.25. The van der Waals surface area contributed by atoms with Gasteiger partial charge >= 0.3 is 0 Å². The molecule has 1 aliphatic rings. The molecular weight excluding hydrogens is 414 g/mol. The van der Waals surface area contributed by atoms with Gasteiger partial charge < -0.3 is 15.1 Å². The van der Waals surface area contributed by atoms with Gasteiger partial charge in [-0.1, -0.05) is 35.9 Å². The van der Waals surface area contributed by atoms with Crippen LogP contribution in [0.5, 0.6) is 0 Å². The third kappa shape index (κ3) is 6.11. The summed E-state index contributed by atoms with van der Waals surface area (Å²) >= 11 is 0. The van der Waals surface area contributed by atoms with Gasteiger partial charge in [-0.05, 0) is 55.9 Å². The predicted octanol–water partition coefficient (Wildman–Crippen LogP) is 4.60. The van der Waals surface area contributed by atoms with E-state index in [9.17, 15) is 14.4 Å². The number of nitrogens with zero attached hydrogens (tertiary/aromatic N) is 2. The van der Waals surface area contributed by atoms with Crippen LogP contribution in [0, 0.1) is 13.8 Å². The van der Waals surface area contributed by atoms with Crippen LogP contribution in [0.4, 0.5) is 11.4 Å². The van der Waals surface area contributed by atoms with Crippen molar-refractivity contribution < 1.29 is 14.4 Å². The van der Waals surface area contributed by atoms with Gasteiger partial charge in [-0.25, -0.2) is 4.79 Å². The van der Waals surface area contributed by atoms with E-state index in [1.165, 1.54) is 6.92 Å². The highest BCUT2D eigenvalue weighted by molar-refractivity contribution is 5.92. The number of rotatable bonds is 7. The summed E-state index contributed by atoms with van der Waals surface area (Å²) in [6, 6.07) is 13.9. The minimum atomic E-state index is -0.0788. The highest BCUT2D eigenvalue weighted by atomic mass is 16.2. The Balaban J connectivity index is 1.64. The molecule has 0 saturated carbocycles. The van der Waals surface area contributed by atoms with Gasteiger partial charge in [-0.3, -0.25) is 9.59 Å². The minimum absolute atomic E-state index is 0.0412. The SMILES string of the molecule is CC(=O)Nc1ccccc1C1CCN(C(=C=O)CCN(C(C)=O)c2ccc(C)cc2C)CC1. The van der Waals surface area contributed by atoms with Gasteiger partial charge in [-0.15, -0.1) is 0 Å². The number of para-hydroxylation sites is 1. The first-order valence-corrected chi connectivity index (χ1v) is 11.5. The van der Waals surface area contributed by atoms with E-state index in [0.717, 1.165) is 54.0 Å². The zero-order chi connectivity index (χ0) is 24.0. The fourth-order valence-corrected chi connectivity index (χ4v) is 4.66. The molecule has 1 saturated heterocycles. The number of piperidine rings is 1. The summed E-state index contributed by atoms with van der Waals surface area (Å²) in [5.74, 6) is 2.33. The molecular formula is C27H33N3O3. The normalized spacial score (nSPS) is 13.9. The van der Waals surface area contributed by atoms with Crippen molar-refractivity contribution in [3.05, 3.63) is 64.9 Å². The average molecular weight is 448 g/mol. The van der Waals surface area contributed by atoms with Crippen LogP contribution in [0.15, 0.2) is 48.2 Å². The number of hydrogen-bond acceptors (Lipinski definition) is 4. The van der Waals surface area contributed by atoms with Crippen LogP contribution in [0.3, 0.4) is 0 Å². The standard InChI is InChI=1S/C27H33N3O3/c1-19-9-10-27(20(2)17-19)30(22(4)33)16-13-24(18-31)29-14-11-23(12-15-29)25-7-5-6-8-26(25)28-21(3)32/h5-10,17,23H,11-16H2,1-4H3,(H,28,32). The molecule has 0 atom stereocenters. The lowest BCUT2D eigenvalue weighted by Gasteiger charge is -2.35. The first-order valence-electron chi connectivity index (χ1n) is 11.5. The molecule has 0 aliphatic carbocycles. The van der Waals surface area contributed by atoms with Crippen LogP contribution in [0.1, 0.15) is 55.7 Å². The lowest BCUT2D eigenvalue weighted by Crippen LogP contribution is -2.36. The third-order valence-corrected chi connectivity index (χ3v) is 6.30. The first kappa shape index (κ1) is 24.3. The highest BCUT2D eigenvalue weighted by Crippen LogP contribution is 2.34. The maximum absolute atomic E-state index is 12.3. The van der Waals surface area contributed by atoms with E-state index in [4.69, 9.17) is 0 Å². The molecule has 6 heteroatoms. The molecule has 0 aromatic heterocycles. The number of hydrogen-bond donors (Lipinski definition) is 1. The van der Waals surface area contributed by atoms with Gasteiger partial charge in [0.05, 0.1) is 0 Å². The second kappa shape index (κ2) is 11.0. The fraction of sp³-hybridized carbons (Fsp3) is 0.407. The Kier molecular flexibility index (Phi) is 8.07. The zero-order valence-corrected chi connectivity index (χ0v) is 20.0. The van der Waals surface area contributed by atoms with E-state index in [1.54, 1.807) is 11.8 Å². The Hall–Kier alpha value is -3.37. The molecule has 3 rings (SSSR count). The van der Waals surface area contributed by atoms with Gasteiger partial charge in [0.2, 0.25) is 11.8 Å². The third-order valence-electron chi connectivity index (χ3n) is 6.30. The van der Waals surface area contributed by atoms with Crippen molar-refractivity contribution in [2.45, 2.75) is 52.9 Å². The molecule has 0 radical (unpaired) electrons. The first-order chi connectivity index (χ1) is 15.8. The molecule has 174 valence electrons. The monoisotopic (exact) mass is 447 g/mol. The Morgan fingerprint density at radius 1 is 1.09 bits per heavy atom. The second-order valence-corrected chi connectivity index (χ2v) is 8.79. The van der Waals surface area contributed by atoms with Crippen LogP contribution < -0.4 is 10.2 Å². The Morgan fingerprint density at radius 3 is 2.39 bits per heavy atom. The molecule has 6 nitrogen and oxygen atoms in total. The lowest BCUT2D eigenvalue weighted by atomic mass is 9.88. The smallest absolute Gasteiger partial charge is 0.223 e. The van der Waals surface area contributed by atoms with Crippen molar-refractivity contribution in [2.75, 3.05) is 29.9 Å². The summed E-state index contributed by atoms with van der Waals surface area (Å²) in [6.45, 7) is 9.03. The van der Waals surface area contributed by atoms with Crippen LogP contribution in [-0.4, -0.2) is 42.3 Å². The molecule has 1 aliphatic heterocycles. The summed E-state index contributed by atoms with van der Waals surface area (Å²) < 4.78 is 0. The van der Waals surface area contributed by atoms with Gasteiger partial charge in [0.1, 0.15) is 11.6 Å². The number of carbonyl (C=O) groups is 2. The summed E-state index contributed by atoms with van der Waals surface area (Å²) in [4.78, 5) is 39.5. The minimum Gasteiger partial charge on any atom is -0.366 e. The molecule has 2 aromatic carbocycles. The summed E-state index contributed by atoms with van der Waals surface area (Å²) in [7, 11) is 0.